The van der Waals surface area contributed by atoms with Crippen LogP contribution in [0.5, 0.6) is 5.75 Å². The highest BCUT2D eigenvalue weighted by Crippen LogP contribution is 2.20. The van der Waals surface area contributed by atoms with E-state index in [0.29, 0.717) is 17.4 Å². The van der Waals surface area contributed by atoms with Crippen LogP contribution in [-0.4, -0.2) is 38.9 Å². The van der Waals surface area contributed by atoms with Gasteiger partial charge in [0, 0.05) is 40.5 Å². The minimum atomic E-state index is -0.151. The van der Waals surface area contributed by atoms with E-state index in [1.54, 1.807) is 16.8 Å². The van der Waals surface area contributed by atoms with Gasteiger partial charge in [0.25, 0.3) is 5.56 Å². The molecule has 0 unspecified atom stereocenters. The fourth-order valence-corrected chi connectivity index (χ4v) is 4.38. The van der Waals surface area contributed by atoms with E-state index in [1.807, 2.05) is 53.3 Å². The molecule has 1 aliphatic heterocycles. The summed E-state index contributed by atoms with van der Waals surface area (Å²) in [6.07, 6.45) is 6.20. The van der Waals surface area contributed by atoms with Gasteiger partial charge in [-0.25, -0.2) is 0 Å². The number of ether oxygens (including phenoxy) is 1. The Balaban J connectivity index is 0.00000259. The van der Waals surface area contributed by atoms with Crippen LogP contribution in [0.15, 0.2) is 71.8 Å². The molecule has 0 amide bonds. The average molecular weight is 485 g/mol. The summed E-state index contributed by atoms with van der Waals surface area (Å²) in [6.45, 7) is 4.58. The third kappa shape index (κ3) is 5.24. The molecular formula is C25H26Cl2N4O2. The van der Waals surface area contributed by atoms with Gasteiger partial charge < -0.3 is 9.64 Å². The quantitative estimate of drug-likeness (QED) is 0.372. The van der Waals surface area contributed by atoms with Crippen molar-refractivity contribution in [2.24, 2.45) is 0 Å². The van der Waals surface area contributed by atoms with Gasteiger partial charge in [0.15, 0.2) is 0 Å². The highest BCUT2D eigenvalue weighted by molar-refractivity contribution is 6.31. The average Bonchev–Trinajstić information content (AvgIpc) is 3.46. The molecule has 2 aromatic carbocycles. The number of aromatic nitrogens is 3. The van der Waals surface area contributed by atoms with E-state index in [4.69, 9.17) is 16.3 Å². The molecule has 0 atom stereocenters. The lowest BCUT2D eigenvalue weighted by atomic mass is 10.2. The van der Waals surface area contributed by atoms with Gasteiger partial charge >= 0.3 is 0 Å². The van der Waals surface area contributed by atoms with Crippen molar-refractivity contribution in [3.8, 4) is 11.4 Å². The van der Waals surface area contributed by atoms with Crippen LogP contribution >= 0.6 is 24.0 Å². The Morgan fingerprint density at radius 3 is 2.61 bits per heavy atom. The van der Waals surface area contributed by atoms with E-state index in [2.05, 4.69) is 10.00 Å². The predicted octanol–water partition coefficient (Wildman–Crippen LogP) is 4.94. The van der Waals surface area contributed by atoms with Crippen molar-refractivity contribution < 1.29 is 4.74 Å². The van der Waals surface area contributed by atoms with E-state index in [-0.39, 0.29) is 18.0 Å². The van der Waals surface area contributed by atoms with E-state index in [9.17, 15) is 4.79 Å². The van der Waals surface area contributed by atoms with Crippen LogP contribution in [0, 0.1) is 0 Å². The minimum Gasteiger partial charge on any atom is -0.489 e. The number of rotatable bonds is 7. The predicted molar refractivity (Wildman–Crippen MR) is 134 cm³/mol. The highest BCUT2D eigenvalue weighted by Gasteiger charge is 2.12. The van der Waals surface area contributed by atoms with Crippen LogP contribution in [0.4, 0.5) is 0 Å². The first-order chi connectivity index (χ1) is 15.7. The first kappa shape index (κ1) is 23.4. The molecule has 1 saturated heterocycles. The summed E-state index contributed by atoms with van der Waals surface area (Å²) < 4.78 is 9.43. The van der Waals surface area contributed by atoms with Gasteiger partial charge in [-0.3, -0.25) is 14.0 Å². The lowest BCUT2D eigenvalue weighted by Crippen LogP contribution is -2.24. The van der Waals surface area contributed by atoms with Crippen LogP contribution in [0.25, 0.3) is 16.6 Å². The van der Waals surface area contributed by atoms with Gasteiger partial charge in [-0.2, -0.15) is 5.10 Å². The largest absolute Gasteiger partial charge is 0.489 e. The molecule has 0 N–H and O–H groups in total. The second kappa shape index (κ2) is 10.4. The van der Waals surface area contributed by atoms with Crippen LogP contribution in [0.3, 0.4) is 0 Å². The summed E-state index contributed by atoms with van der Waals surface area (Å²) in [5.41, 5.74) is 2.62. The van der Waals surface area contributed by atoms with Crippen LogP contribution in [0.2, 0.25) is 5.02 Å². The molecule has 172 valence electrons. The number of fused-ring (bicyclic) bond motifs is 1. The summed E-state index contributed by atoms with van der Waals surface area (Å²) in [5, 5.41) is 6.23. The Labute approximate surface area is 203 Å². The van der Waals surface area contributed by atoms with Gasteiger partial charge in [-0.15, -0.1) is 12.4 Å². The molecule has 0 radical (unpaired) electrons. The third-order valence-corrected chi connectivity index (χ3v) is 6.34. The van der Waals surface area contributed by atoms with Crippen LogP contribution in [-0.2, 0) is 13.2 Å². The number of nitrogens with zero attached hydrogens (tertiary/aromatic N) is 4. The van der Waals surface area contributed by atoms with Crippen molar-refractivity contribution in [2.45, 2.75) is 26.0 Å². The van der Waals surface area contributed by atoms with Gasteiger partial charge in [-0.05, 0) is 56.3 Å². The molecule has 1 aliphatic rings. The zero-order valence-corrected chi connectivity index (χ0v) is 19.8. The Morgan fingerprint density at radius 1 is 1.00 bits per heavy atom. The maximum atomic E-state index is 12.7. The van der Waals surface area contributed by atoms with Gasteiger partial charge in [0.2, 0.25) is 0 Å². The Bertz CT molecular complexity index is 1300. The molecule has 33 heavy (non-hydrogen) atoms. The molecule has 0 bridgehead atoms. The number of hydrogen-bond donors (Lipinski definition) is 0. The summed E-state index contributed by atoms with van der Waals surface area (Å²) in [4.78, 5) is 15.2. The Hall–Kier alpha value is -2.80. The van der Waals surface area contributed by atoms with Gasteiger partial charge in [0.1, 0.15) is 12.4 Å². The fourth-order valence-electron chi connectivity index (χ4n) is 4.19. The molecule has 8 heteroatoms. The molecular weight excluding hydrogens is 459 g/mol. The zero-order valence-electron chi connectivity index (χ0n) is 18.2. The van der Waals surface area contributed by atoms with E-state index >= 15 is 0 Å². The lowest BCUT2D eigenvalue weighted by Gasteiger charge is -2.14. The van der Waals surface area contributed by atoms with Gasteiger partial charge in [0.05, 0.1) is 18.3 Å². The van der Waals surface area contributed by atoms with E-state index < -0.39 is 0 Å². The fraction of sp³-hybridized carbons (Fsp3) is 0.280. The van der Waals surface area contributed by atoms with Crippen molar-refractivity contribution in [1.82, 2.24) is 19.2 Å². The molecule has 5 rings (SSSR count). The van der Waals surface area contributed by atoms with Crippen LogP contribution < -0.4 is 10.3 Å². The summed E-state index contributed by atoms with van der Waals surface area (Å²) in [5.74, 6) is 0.516. The van der Waals surface area contributed by atoms with E-state index in [1.165, 1.54) is 32.0 Å². The third-order valence-electron chi connectivity index (χ3n) is 5.97. The van der Waals surface area contributed by atoms with Crippen molar-refractivity contribution in [3.05, 3.63) is 87.9 Å². The molecule has 0 saturated carbocycles. The molecule has 6 nitrogen and oxygen atoms in total. The van der Waals surface area contributed by atoms with Crippen molar-refractivity contribution in [3.63, 3.8) is 0 Å². The normalized spacial score (nSPS) is 13.8. The number of hydrogen-bond acceptors (Lipinski definition) is 4. The molecule has 1 fully saturated rings. The SMILES string of the molecule is Cl.O=c1cc(OCc2ccccc2Cl)ccn1-c1ccc2c(cnn2CCN2CCCC2)c1. The standard InChI is InChI=1S/C25H25ClN4O2.ClH/c26-23-6-2-1-5-19(23)18-32-22-9-12-29(25(31)16-22)21-7-8-24-20(15-21)17-27-30(24)14-13-28-10-3-4-11-28;/h1-2,5-9,12,15-17H,3-4,10-11,13-14,18H2;1H. The first-order valence-electron chi connectivity index (χ1n) is 10.9. The number of likely N-dealkylation sites (tertiary alicyclic amines) is 1. The zero-order chi connectivity index (χ0) is 21.9. The first-order valence-corrected chi connectivity index (χ1v) is 11.3. The minimum absolute atomic E-state index is 0. The monoisotopic (exact) mass is 484 g/mol. The number of halogens is 2. The van der Waals surface area contributed by atoms with Gasteiger partial charge in [-0.1, -0.05) is 29.8 Å². The van der Waals surface area contributed by atoms with Crippen LogP contribution in [0.1, 0.15) is 18.4 Å². The molecule has 4 aromatic rings. The molecule has 0 aliphatic carbocycles. The second-order valence-corrected chi connectivity index (χ2v) is 8.52. The van der Waals surface area contributed by atoms with Crippen molar-refractivity contribution >= 4 is 34.9 Å². The topological polar surface area (TPSA) is 52.3 Å². The summed E-state index contributed by atoms with van der Waals surface area (Å²) >= 11 is 6.17. The highest BCUT2D eigenvalue weighted by atomic mass is 35.5. The smallest absolute Gasteiger partial charge is 0.258 e. The number of benzene rings is 2. The molecule has 0 spiro atoms. The van der Waals surface area contributed by atoms with E-state index in [0.717, 1.165) is 35.2 Å². The van der Waals surface area contributed by atoms with Crippen molar-refractivity contribution in [2.75, 3.05) is 19.6 Å². The second-order valence-electron chi connectivity index (χ2n) is 8.11. The van der Waals surface area contributed by atoms with Crippen molar-refractivity contribution in [1.29, 1.82) is 0 Å². The maximum Gasteiger partial charge on any atom is 0.258 e. The Morgan fingerprint density at radius 2 is 1.82 bits per heavy atom. The summed E-state index contributed by atoms with van der Waals surface area (Å²) in [7, 11) is 0. The molecule has 2 aromatic heterocycles. The lowest BCUT2D eigenvalue weighted by molar-refractivity contribution is 0.305. The summed E-state index contributed by atoms with van der Waals surface area (Å²) in [6, 6.07) is 16.8. The molecule has 3 heterocycles. The Kier molecular flexibility index (Phi) is 7.38. The number of pyridine rings is 1. The maximum absolute atomic E-state index is 12.7.